The van der Waals surface area contributed by atoms with Gasteiger partial charge in [-0.1, -0.05) is 0 Å². The van der Waals surface area contributed by atoms with Gasteiger partial charge in [0, 0.05) is 26.4 Å². The molecule has 0 aliphatic carbocycles. The molecule has 1 fully saturated rings. The van der Waals surface area contributed by atoms with Crippen molar-refractivity contribution >= 4 is 11.7 Å². The Morgan fingerprint density at radius 3 is 2.90 bits per heavy atom. The lowest BCUT2D eigenvalue weighted by atomic mass is 10.0. The van der Waals surface area contributed by atoms with Gasteiger partial charge in [-0.3, -0.25) is 4.79 Å². The number of hydrogen-bond donors (Lipinski definition) is 1. The highest BCUT2D eigenvalue weighted by Gasteiger charge is 2.33. The van der Waals surface area contributed by atoms with Gasteiger partial charge < -0.3 is 19.9 Å². The Balaban J connectivity index is 2.01. The molecule has 2 rings (SSSR count). The molecule has 20 heavy (non-hydrogen) atoms. The Hall–Kier alpha value is -1.56. The van der Waals surface area contributed by atoms with E-state index in [2.05, 4.69) is 4.98 Å². The number of amides is 1. The number of anilines is 1. The number of likely N-dealkylation sites (N-methyl/N-ethyl adjacent to an activating group) is 1. The van der Waals surface area contributed by atoms with Gasteiger partial charge in [-0.15, -0.1) is 0 Å². The van der Waals surface area contributed by atoms with E-state index in [-0.39, 0.29) is 12.0 Å². The predicted octanol–water partition coefficient (Wildman–Crippen LogP) is 1.23. The molecule has 0 saturated carbocycles. The highest BCUT2D eigenvalue weighted by Crippen LogP contribution is 2.21. The number of nitrogens with zero attached hydrogens (tertiary/aromatic N) is 3. The van der Waals surface area contributed by atoms with E-state index >= 15 is 0 Å². The lowest BCUT2D eigenvalue weighted by Crippen LogP contribution is -2.47. The van der Waals surface area contributed by atoms with Gasteiger partial charge >= 0.3 is 0 Å². The smallest absolute Gasteiger partial charge is 0.248 e. The number of carbonyl (C=O) groups excluding carboxylic acids is 1. The Morgan fingerprint density at radius 2 is 2.35 bits per heavy atom. The molecule has 1 unspecified atom stereocenters. The number of nitrogens with two attached hydrogens (primary N) is 1. The maximum absolute atomic E-state index is 12.6. The molecule has 1 amide bonds. The summed E-state index contributed by atoms with van der Waals surface area (Å²) < 4.78 is 7.44. The molecule has 6 nitrogen and oxygen atoms in total. The lowest BCUT2D eigenvalue weighted by molar-refractivity contribution is -0.140. The Kier molecular flexibility index (Phi) is 4.32. The Morgan fingerprint density at radius 1 is 1.60 bits per heavy atom. The standard InChI is InChI=1S/C14H24N4O2/c1-14(2,18-9-12(15)16-10-18)13(19)17(3)8-11-6-4-5-7-20-11/h9-11H,4-8,15H2,1-3H3. The fourth-order valence-corrected chi connectivity index (χ4v) is 2.56. The van der Waals surface area contributed by atoms with Crippen LogP contribution in [-0.2, 0) is 15.1 Å². The van der Waals surface area contributed by atoms with Crippen LogP contribution >= 0.6 is 0 Å². The third kappa shape index (κ3) is 3.12. The molecule has 1 aliphatic heterocycles. The van der Waals surface area contributed by atoms with E-state index < -0.39 is 5.54 Å². The monoisotopic (exact) mass is 280 g/mol. The maximum atomic E-state index is 12.6. The minimum Gasteiger partial charge on any atom is -0.382 e. The van der Waals surface area contributed by atoms with Crippen molar-refractivity contribution in [1.29, 1.82) is 0 Å². The molecule has 2 heterocycles. The van der Waals surface area contributed by atoms with E-state index in [1.165, 1.54) is 6.42 Å². The van der Waals surface area contributed by atoms with E-state index in [4.69, 9.17) is 10.5 Å². The van der Waals surface area contributed by atoms with Crippen LogP contribution in [0.3, 0.4) is 0 Å². The van der Waals surface area contributed by atoms with Crippen molar-refractivity contribution in [3.05, 3.63) is 12.5 Å². The van der Waals surface area contributed by atoms with Crippen LogP contribution in [0.15, 0.2) is 12.5 Å². The van der Waals surface area contributed by atoms with Crippen molar-refractivity contribution < 1.29 is 9.53 Å². The average molecular weight is 280 g/mol. The largest absolute Gasteiger partial charge is 0.382 e. The first-order valence-corrected chi connectivity index (χ1v) is 7.08. The van der Waals surface area contributed by atoms with E-state index in [1.54, 1.807) is 22.0 Å². The lowest BCUT2D eigenvalue weighted by Gasteiger charge is -2.33. The van der Waals surface area contributed by atoms with Gasteiger partial charge in [-0.05, 0) is 33.1 Å². The van der Waals surface area contributed by atoms with E-state index in [0.717, 1.165) is 19.4 Å². The van der Waals surface area contributed by atoms with Crippen molar-refractivity contribution in [2.75, 3.05) is 25.9 Å². The van der Waals surface area contributed by atoms with E-state index in [1.807, 2.05) is 20.9 Å². The average Bonchev–Trinajstić information content (AvgIpc) is 2.86. The number of imidazole rings is 1. The fourth-order valence-electron chi connectivity index (χ4n) is 2.56. The van der Waals surface area contributed by atoms with Crippen LogP contribution in [-0.4, -0.2) is 46.7 Å². The van der Waals surface area contributed by atoms with Crippen molar-refractivity contribution in [2.45, 2.75) is 44.8 Å². The van der Waals surface area contributed by atoms with Gasteiger partial charge in [0.05, 0.1) is 12.4 Å². The van der Waals surface area contributed by atoms with Gasteiger partial charge in [-0.25, -0.2) is 4.98 Å². The minimum atomic E-state index is -0.700. The third-order valence-electron chi connectivity index (χ3n) is 3.87. The molecule has 0 radical (unpaired) electrons. The number of nitrogen functional groups attached to an aromatic ring is 1. The Bertz CT molecular complexity index is 463. The second-order valence-corrected chi connectivity index (χ2v) is 5.94. The summed E-state index contributed by atoms with van der Waals surface area (Å²) in [6.45, 7) is 5.17. The highest BCUT2D eigenvalue weighted by molar-refractivity contribution is 5.83. The van der Waals surface area contributed by atoms with Crippen LogP contribution in [0.5, 0.6) is 0 Å². The second kappa shape index (κ2) is 5.83. The summed E-state index contributed by atoms with van der Waals surface area (Å²) in [7, 11) is 1.82. The van der Waals surface area contributed by atoms with Crippen LogP contribution in [0.2, 0.25) is 0 Å². The maximum Gasteiger partial charge on any atom is 0.248 e. The van der Waals surface area contributed by atoms with Crippen LogP contribution in [0, 0.1) is 0 Å². The molecule has 1 aromatic rings. The van der Waals surface area contributed by atoms with E-state index in [9.17, 15) is 4.79 Å². The number of aromatic nitrogens is 2. The molecule has 1 atom stereocenters. The van der Waals surface area contributed by atoms with Crippen LogP contribution < -0.4 is 5.73 Å². The summed E-state index contributed by atoms with van der Waals surface area (Å²) >= 11 is 0. The summed E-state index contributed by atoms with van der Waals surface area (Å²) in [6.07, 6.45) is 6.75. The van der Waals surface area contributed by atoms with Gasteiger partial charge in [-0.2, -0.15) is 0 Å². The molecule has 2 N–H and O–H groups in total. The first-order valence-electron chi connectivity index (χ1n) is 7.08. The summed E-state index contributed by atoms with van der Waals surface area (Å²) in [6, 6.07) is 0. The molecular weight excluding hydrogens is 256 g/mol. The molecule has 0 bridgehead atoms. The number of carbonyl (C=O) groups is 1. The van der Waals surface area contributed by atoms with Crippen molar-refractivity contribution in [2.24, 2.45) is 0 Å². The quantitative estimate of drug-likeness (QED) is 0.900. The zero-order chi connectivity index (χ0) is 14.8. The van der Waals surface area contributed by atoms with Gasteiger partial charge in [0.2, 0.25) is 5.91 Å². The predicted molar refractivity (Wildman–Crippen MR) is 77.2 cm³/mol. The molecular formula is C14H24N4O2. The highest BCUT2D eigenvalue weighted by atomic mass is 16.5. The molecule has 1 aromatic heterocycles. The normalized spacial score (nSPS) is 19.9. The van der Waals surface area contributed by atoms with Gasteiger partial charge in [0.25, 0.3) is 0 Å². The minimum absolute atomic E-state index is 0.0315. The first-order chi connectivity index (χ1) is 9.41. The number of hydrogen-bond acceptors (Lipinski definition) is 4. The molecule has 0 spiro atoms. The zero-order valence-electron chi connectivity index (χ0n) is 12.5. The van der Waals surface area contributed by atoms with Crippen LogP contribution in [0.1, 0.15) is 33.1 Å². The second-order valence-electron chi connectivity index (χ2n) is 5.94. The zero-order valence-corrected chi connectivity index (χ0v) is 12.5. The molecule has 112 valence electrons. The summed E-state index contributed by atoms with van der Waals surface area (Å²) in [5.74, 6) is 0.452. The number of rotatable bonds is 4. The first kappa shape index (κ1) is 14.8. The summed E-state index contributed by atoms with van der Waals surface area (Å²) in [5.41, 5.74) is 4.92. The van der Waals surface area contributed by atoms with E-state index in [0.29, 0.717) is 12.4 Å². The number of ether oxygens (including phenoxy) is 1. The van der Waals surface area contributed by atoms with Crippen LogP contribution in [0.4, 0.5) is 5.82 Å². The van der Waals surface area contributed by atoms with Gasteiger partial charge in [0.15, 0.2) is 0 Å². The van der Waals surface area contributed by atoms with Crippen molar-refractivity contribution in [1.82, 2.24) is 14.5 Å². The topological polar surface area (TPSA) is 73.4 Å². The van der Waals surface area contributed by atoms with Crippen molar-refractivity contribution in [3.8, 4) is 0 Å². The molecule has 0 aromatic carbocycles. The van der Waals surface area contributed by atoms with Gasteiger partial charge in [0.1, 0.15) is 11.4 Å². The summed E-state index contributed by atoms with van der Waals surface area (Å²) in [5, 5.41) is 0. The Labute approximate surface area is 119 Å². The van der Waals surface area contributed by atoms with Crippen molar-refractivity contribution in [3.63, 3.8) is 0 Å². The summed E-state index contributed by atoms with van der Waals surface area (Å²) in [4.78, 5) is 18.4. The molecule has 6 heteroatoms. The van der Waals surface area contributed by atoms with Crippen LogP contribution in [0.25, 0.3) is 0 Å². The SMILES string of the molecule is CN(CC1CCCCO1)C(=O)C(C)(C)n1cnc(N)c1. The molecule has 1 saturated heterocycles. The fraction of sp³-hybridized carbons (Fsp3) is 0.714. The molecule has 1 aliphatic rings. The third-order valence-corrected chi connectivity index (χ3v) is 3.87.